The molecule has 28 heavy (non-hydrogen) atoms. The highest BCUT2D eigenvalue weighted by Crippen LogP contribution is 2.36. The largest absolute Gasteiger partial charge is 0.465 e. The lowest BCUT2D eigenvalue weighted by molar-refractivity contribution is 0.0601. The summed E-state index contributed by atoms with van der Waals surface area (Å²) in [7, 11) is 3.02. The molecule has 0 bridgehead atoms. The molecular weight excluding hydrogens is 374 g/mol. The van der Waals surface area contributed by atoms with Crippen LogP contribution in [0.2, 0.25) is 0 Å². The third-order valence-corrected chi connectivity index (χ3v) is 5.51. The Labute approximate surface area is 166 Å². The topological polar surface area (TPSA) is 74.2 Å². The summed E-state index contributed by atoms with van der Waals surface area (Å²) < 4.78 is 11.0. The van der Waals surface area contributed by atoms with Crippen LogP contribution in [0.15, 0.2) is 30.5 Å². The van der Waals surface area contributed by atoms with Crippen molar-refractivity contribution < 1.29 is 14.3 Å². The van der Waals surface area contributed by atoms with E-state index >= 15 is 0 Å². The summed E-state index contributed by atoms with van der Waals surface area (Å²) in [5.41, 5.74) is 6.77. The number of ether oxygens (including phenoxy) is 2. The van der Waals surface area contributed by atoms with E-state index in [0.717, 1.165) is 48.6 Å². The first kappa shape index (κ1) is 18.5. The first-order valence-corrected chi connectivity index (χ1v) is 9.57. The van der Waals surface area contributed by atoms with Gasteiger partial charge in [0.05, 0.1) is 52.4 Å². The predicted octanol–water partition coefficient (Wildman–Crippen LogP) is 4.46. The van der Waals surface area contributed by atoms with Gasteiger partial charge in [-0.15, -0.1) is 11.3 Å². The van der Waals surface area contributed by atoms with Gasteiger partial charge in [-0.05, 0) is 49.2 Å². The molecule has 4 rings (SSSR count). The SMILES string of the molecule is COCc1cnc2c(-c3nc4c(C)cc(C(=O)OC)cc4s3)cc(C)cc2n1. The molecule has 0 fully saturated rings. The molecule has 4 aromatic rings. The number of carbonyl (C=O) groups excluding carboxylic acids is 1. The number of fused-ring (bicyclic) bond motifs is 2. The summed E-state index contributed by atoms with van der Waals surface area (Å²) in [5, 5.41) is 0.850. The molecule has 0 N–H and O–H groups in total. The predicted molar refractivity (Wildman–Crippen MR) is 110 cm³/mol. The molecule has 2 aromatic carbocycles. The van der Waals surface area contributed by atoms with Gasteiger partial charge in [0.15, 0.2) is 0 Å². The summed E-state index contributed by atoms with van der Waals surface area (Å²) in [5.74, 6) is -0.350. The molecule has 2 aromatic heterocycles. The summed E-state index contributed by atoms with van der Waals surface area (Å²) >= 11 is 1.53. The number of hydrogen-bond donors (Lipinski definition) is 0. The van der Waals surface area contributed by atoms with Crippen LogP contribution in [0.25, 0.3) is 31.8 Å². The van der Waals surface area contributed by atoms with E-state index < -0.39 is 0 Å². The second kappa shape index (κ2) is 7.26. The third-order valence-electron chi connectivity index (χ3n) is 4.47. The zero-order valence-electron chi connectivity index (χ0n) is 16.1. The van der Waals surface area contributed by atoms with Crippen LogP contribution in [0.4, 0.5) is 0 Å². The number of rotatable bonds is 4. The van der Waals surface area contributed by atoms with Gasteiger partial charge in [-0.1, -0.05) is 0 Å². The van der Waals surface area contributed by atoms with Crippen molar-refractivity contribution in [3.8, 4) is 10.6 Å². The van der Waals surface area contributed by atoms with Crippen LogP contribution in [0.3, 0.4) is 0 Å². The van der Waals surface area contributed by atoms with Gasteiger partial charge in [0.2, 0.25) is 0 Å². The summed E-state index contributed by atoms with van der Waals surface area (Å²) in [6.07, 6.45) is 1.73. The maximum Gasteiger partial charge on any atom is 0.337 e. The second-order valence-electron chi connectivity index (χ2n) is 6.63. The molecular formula is C21H19N3O3S. The van der Waals surface area contributed by atoms with Gasteiger partial charge in [-0.25, -0.2) is 14.8 Å². The average Bonchev–Trinajstić information content (AvgIpc) is 3.11. The highest BCUT2D eigenvalue weighted by Gasteiger charge is 2.16. The lowest BCUT2D eigenvalue weighted by Crippen LogP contribution is -2.01. The molecule has 2 heterocycles. The number of hydrogen-bond acceptors (Lipinski definition) is 7. The number of aromatic nitrogens is 3. The minimum absolute atomic E-state index is 0.350. The molecule has 0 aliphatic rings. The van der Waals surface area contributed by atoms with E-state index in [-0.39, 0.29) is 5.97 Å². The van der Waals surface area contributed by atoms with E-state index in [0.29, 0.717) is 12.2 Å². The number of carbonyl (C=O) groups is 1. The monoisotopic (exact) mass is 393 g/mol. The first-order chi connectivity index (χ1) is 13.5. The standard InChI is InChI=1S/C21H19N3O3S/c1-11-5-15(19-16(6-11)23-14(9-22-19)10-26-3)20-24-18-12(2)7-13(21(25)27-4)8-17(18)28-20/h5-9H,10H2,1-4H3. The zero-order chi connectivity index (χ0) is 19.8. The Balaban J connectivity index is 1.91. The van der Waals surface area contributed by atoms with Gasteiger partial charge in [0, 0.05) is 12.7 Å². The van der Waals surface area contributed by atoms with Gasteiger partial charge >= 0.3 is 5.97 Å². The first-order valence-electron chi connectivity index (χ1n) is 8.75. The van der Waals surface area contributed by atoms with Crippen molar-refractivity contribution >= 4 is 38.6 Å². The molecule has 0 amide bonds. The lowest BCUT2D eigenvalue weighted by atomic mass is 10.1. The van der Waals surface area contributed by atoms with Crippen molar-refractivity contribution in [3.63, 3.8) is 0 Å². The normalized spacial score (nSPS) is 11.3. The number of benzene rings is 2. The highest BCUT2D eigenvalue weighted by atomic mass is 32.1. The minimum Gasteiger partial charge on any atom is -0.465 e. The van der Waals surface area contributed by atoms with Gasteiger partial charge in [0.1, 0.15) is 5.01 Å². The van der Waals surface area contributed by atoms with Gasteiger partial charge in [-0.3, -0.25) is 4.98 Å². The van der Waals surface area contributed by atoms with E-state index in [9.17, 15) is 4.79 Å². The fourth-order valence-corrected chi connectivity index (χ4v) is 4.33. The molecule has 142 valence electrons. The average molecular weight is 393 g/mol. The van der Waals surface area contributed by atoms with Gasteiger partial charge < -0.3 is 9.47 Å². The van der Waals surface area contributed by atoms with Crippen LogP contribution < -0.4 is 0 Å². The van der Waals surface area contributed by atoms with E-state index in [1.807, 2.05) is 32.0 Å². The molecule has 0 aliphatic heterocycles. The second-order valence-corrected chi connectivity index (χ2v) is 7.66. The van der Waals surface area contributed by atoms with Crippen LogP contribution in [-0.2, 0) is 16.1 Å². The van der Waals surface area contributed by atoms with E-state index in [1.54, 1.807) is 13.3 Å². The molecule has 7 heteroatoms. The Morgan fingerprint density at radius 2 is 1.89 bits per heavy atom. The van der Waals surface area contributed by atoms with Crippen LogP contribution in [0.1, 0.15) is 27.2 Å². The van der Waals surface area contributed by atoms with Crippen molar-refractivity contribution in [3.05, 3.63) is 52.8 Å². The Morgan fingerprint density at radius 1 is 1.07 bits per heavy atom. The van der Waals surface area contributed by atoms with Crippen LogP contribution in [0.5, 0.6) is 0 Å². The Kier molecular flexibility index (Phi) is 4.78. The molecule has 0 saturated carbocycles. The Morgan fingerprint density at radius 3 is 2.64 bits per heavy atom. The molecule has 0 saturated heterocycles. The van der Waals surface area contributed by atoms with Crippen LogP contribution in [-0.4, -0.2) is 35.1 Å². The van der Waals surface area contributed by atoms with Crippen molar-refractivity contribution in [1.29, 1.82) is 0 Å². The number of nitrogens with zero attached hydrogens (tertiary/aromatic N) is 3. The van der Waals surface area contributed by atoms with Crippen molar-refractivity contribution in [2.45, 2.75) is 20.5 Å². The number of aryl methyl sites for hydroxylation is 2. The fraction of sp³-hybridized carbons (Fsp3) is 0.238. The minimum atomic E-state index is -0.350. The van der Waals surface area contributed by atoms with E-state index in [4.69, 9.17) is 14.5 Å². The number of esters is 1. The number of methoxy groups -OCH3 is 2. The van der Waals surface area contributed by atoms with Crippen LogP contribution in [0, 0.1) is 13.8 Å². The zero-order valence-corrected chi connectivity index (χ0v) is 16.9. The smallest absolute Gasteiger partial charge is 0.337 e. The van der Waals surface area contributed by atoms with Crippen molar-refractivity contribution in [2.24, 2.45) is 0 Å². The number of thiazole rings is 1. The van der Waals surface area contributed by atoms with Crippen LogP contribution >= 0.6 is 11.3 Å². The molecule has 0 unspecified atom stereocenters. The van der Waals surface area contributed by atoms with Crippen molar-refractivity contribution in [2.75, 3.05) is 14.2 Å². The lowest BCUT2D eigenvalue weighted by Gasteiger charge is -2.06. The molecule has 0 aliphatic carbocycles. The van der Waals surface area contributed by atoms with Gasteiger partial charge in [-0.2, -0.15) is 0 Å². The molecule has 0 spiro atoms. The maximum atomic E-state index is 11.9. The molecule has 6 nitrogen and oxygen atoms in total. The summed E-state index contributed by atoms with van der Waals surface area (Å²) in [6, 6.07) is 7.72. The summed E-state index contributed by atoms with van der Waals surface area (Å²) in [4.78, 5) is 26.0. The fourth-order valence-electron chi connectivity index (χ4n) is 3.23. The highest BCUT2D eigenvalue weighted by molar-refractivity contribution is 7.21. The van der Waals surface area contributed by atoms with Gasteiger partial charge in [0.25, 0.3) is 0 Å². The van der Waals surface area contributed by atoms with E-state index in [1.165, 1.54) is 18.4 Å². The maximum absolute atomic E-state index is 11.9. The third kappa shape index (κ3) is 3.23. The Bertz CT molecular complexity index is 1220. The Hall–Kier alpha value is -2.90. The quantitative estimate of drug-likeness (QED) is 0.477. The summed E-state index contributed by atoms with van der Waals surface area (Å²) in [6.45, 7) is 4.40. The van der Waals surface area contributed by atoms with Crippen molar-refractivity contribution in [1.82, 2.24) is 15.0 Å². The molecule has 0 radical (unpaired) electrons. The molecule has 0 atom stereocenters. The van der Waals surface area contributed by atoms with E-state index in [2.05, 4.69) is 16.0 Å².